The maximum absolute atomic E-state index is 9.60. The highest BCUT2D eigenvalue weighted by Gasteiger charge is 2.03. The quantitative estimate of drug-likeness (QED) is 0.0421. The summed E-state index contributed by atoms with van der Waals surface area (Å²) in [6.45, 7) is 27.5. The molecule has 0 bridgehead atoms. The van der Waals surface area contributed by atoms with E-state index in [1.165, 1.54) is 6.92 Å². The zero-order valence-electron chi connectivity index (χ0n) is 48.0. The molecule has 1 atom stereocenters. The lowest BCUT2D eigenvalue weighted by atomic mass is 10.4. The van der Waals surface area contributed by atoms with Crippen LogP contribution in [0.3, 0.4) is 0 Å². The zero-order valence-corrected chi connectivity index (χ0v) is 48.0. The average molecular weight is 1160 g/mol. The van der Waals surface area contributed by atoms with Crippen molar-refractivity contribution in [3.8, 4) is 0 Å². The zero-order chi connectivity index (χ0) is 57.5. The molecular formula is C52H104O27. The summed E-state index contributed by atoms with van der Waals surface area (Å²) in [6.07, 6.45) is -0.897. The number of ether oxygens (including phenoxy) is 23. The smallest absolute Gasteiger partial charge is 0.330 e. The summed E-state index contributed by atoms with van der Waals surface area (Å²) < 4.78 is 125. The van der Waals surface area contributed by atoms with Gasteiger partial charge in [0.25, 0.3) is 0 Å². The third kappa shape index (κ3) is 78.3. The second-order valence-electron chi connectivity index (χ2n) is 15.7. The lowest BCUT2D eigenvalue weighted by Crippen LogP contribution is -2.20. The number of carboxylic acid groups (broad SMARTS) is 1. The molecular weight excluding hydrogens is 1060 g/mol. The normalized spacial score (nSPS) is 11.8. The van der Waals surface area contributed by atoms with Crippen LogP contribution in [-0.4, -0.2) is 331 Å². The van der Waals surface area contributed by atoms with Crippen molar-refractivity contribution in [2.75, 3.05) is 304 Å². The summed E-state index contributed by atoms with van der Waals surface area (Å²) in [5, 5.41) is 25.9. The first kappa shape index (κ1) is 79.3. The second kappa shape index (κ2) is 74.2. The summed E-state index contributed by atoms with van der Waals surface area (Å²) in [7, 11) is 0. The summed E-state index contributed by atoms with van der Waals surface area (Å²) in [4.78, 5) is 9.60. The summed E-state index contributed by atoms with van der Waals surface area (Å²) in [5.74, 6) is -0.935. The lowest BCUT2D eigenvalue weighted by molar-refractivity contribution is -0.138. The number of rotatable bonds is 70. The van der Waals surface area contributed by atoms with Crippen LogP contribution in [0, 0.1) is 0 Å². The largest absolute Gasteiger partial charge is 0.478 e. The molecule has 0 saturated carbocycles. The molecule has 0 fully saturated rings. The molecule has 0 heterocycles. The SMILES string of the molecule is C=C(C)C(=O)O.CCOC(O)COCCOCCOCCOCCOCCOCCOCCOCCOCCOCCOCCOCCOCCOCCOCCOCCOCCOCCOCCOCCOCCOCCO. The molecule has 79 heavy (non-hydrogen) atoms. The van der Waals surface area contributed by atoms with E-state index in [-0.39, 0.29) is 18.8 Å². The van der Waals surface area contributed by atoms with E-state index < -0.39 is 12.3 Å². The first-order valence-corrected chi connectivity index (χ1v) is 27.4. The van der Waals surface area contributed by atoms with Crippen LogP contribution < -0.4 is 0 Å². The van der Waals surface area contributed by atoms with Crippen molar-refractivity contribution >= 4 is 5.97 Å². The van der Waals surface area contributed by atoms with Crippen LogP contribution in [0.25, 0.3) is 0 Å². The maximum Gasteiger partial charge on any atom is 0.330 e. The number of aliphatic hydroxyl groups is 2. The van der Waals surface area contributed by atoms with Gasteiger partial charge in [0, 0.05) is 12.2 Å². The Morgan fingerprint density at radius 2 is 0.430 bits per heavy atom. The van der Waals surface area contributed by atoms with Crippen LogP contribution in [0.1, 0.15) is 13.8 Å². The first-order valence-electron chi connectivity index (χ1n) is 27.4. The average Bonchev–Trinajstić information content (AvgIpc) is 3.44. The molecule has 1 unspecified atom stereocenters. The first-order chi connectivity index (χ1) is 39.0. The van der Waals surface area contributed by atoms with Crippen molar-refractivity contribution < 1.29 is 129 Å². The van der Waals surface area contributed by atoms with Crippen LogP contribution in [-0.2, 0) is 114 Å². The van der Waals surface area contributed by atoms with E-state index in [0.29, 0.717) is 291 Å². The molecule has 0 aliphatic carbocycles. The molecule has 0 saturated heterocycles. The van der Waals surface area contributed by atoms with Gasteiger partial charge in [0.15, 0.2) is 6.29 Å². The van der Waals surface area contributed by atoms with E-state index in [9.17, 15) is 9.90 Å². The van der Waals surface area contributed by atoms with Crippen LogP contribution in [0.15, 0.2) is 12.2 Å². The molecule has 27 heteroatoms. The molecule has 27 nitrogen and oxygen atoms in total. The van der Waals surface area contributed by atoms with Gasteiger partial charge in [0.1, 0.15) is 0 Å². The number of carboxylic acids is 1. The fourth-order valence-electron chi connectivity index (χ4n) is 5.11. The van der Waals surface area contributed by atoms with Gasteiger partial charge in [-0.3, -0.25) is 0 Å². The Morgan fingerprint density at radius 1 is 0.304 bits per heavy atom. The molecule has 474 valence electrons. The van der Waals surface area contributed by atoms with Crippen molar-refractivity contribution in [3.05, 3.63) is 12.2 Å². The van der Waals surface area contributed by atoms with Crippen molar-refractivity contribution in [1.82, 2.24) is 0 Å². The van der Waals surface area contributed by atoms with Gasteiger partial charge in [0.2, 0.25) is 0 Å². The lowest BCUT2D eigenvalue weighted by Gasteiger charge is -2.11. The highest BCUT2D eigenvalue weighted by Crippen LogP contribution is 1.92. The van der Waals surface area contributed by atoms with Gasteiger partial charge in [-0.25, -0.2) is 4.79 Å². The Kier molecular flexibility index (Phi) is 74.5. The molecule has 0 aliphatic heterocycles. The highest BCUT2D eigenvalue weighted by atomic mass is 16.6. The van der Waals surface area contributed by atoms with Gasteiger partial charge < -0.3 is 124 Å². The summed E-state index contributed by atoms with van der Waals surface area (Å²) >= 11 is 0. The van der Waals surface area contributed by atoms with E-state index in [1.807, 2.05) is 6.92 Å². The Labute approximate surface area is 470 Å². The van der Waals surface area contributed by atoms with Gasteiger partial charge in [0.05, 0.1) is 297 Å². The fraction of sp³-hybridized carbons (Fsp3) is 0.942. The molecule has 0 amide bonds. The van der Waals surface area contributed by atoms with E-state index in [1.54, 1.807) is 0 Å². The third-order valence-electron chi connectivity index (χ3n) is 9.03. The van der Waals surface area contributed by atoms with Gasteiger partial charge >= 0.3 is 5.97 Å². The van der Waals surface area contributed by atoms with Gasteiger partial charge in [-0.15, -0.1) is 0 Å². The molecule has 0 radical (unpaired) electrons. The molecule has 3 N–H and O–H groups in total. The second-order valence-corrected chi connectivity index (χ2v) is 15.7. The fourth-order valence-corrected chi connectivity index (χ4v) is 5.11. The summed E-state index contributed by atoms with van der Waals surface area (Å²) in [5.41, 5.74) is 0.176. The maximum atomic E-state index is 9.60. The Bertz CT molecular complexity index is 1130. The number of aliphatic hydroxyl groups excluding tert-OH is 2. The van der Waals surface area contributed by atoms with E-state index in [4.69, 9.17) is 119 Å². The monoisotopic (exact) mass is 1160 g/mol. The van der Waals surface area contributed by atoms with E-state index >= 15 is 0 Å². The topological polar surface area (TPSA) is 290 Å². The predicted molar refractivity (Wildman–Crippen MR) is 285 cm³/mol. The Morgan fingerprint density at radius 3 is 0.544 bits per heavy atom. The van der Waals surface area contributed by atoms with Crippen LogP contribution >= 0.6 is 0 Å². The highest BCUT2D eigenvalue weighted by molar-refractivity contribution is 5.84. The standard InChI is InChI=1S/C48H98O25.C4H6O2/c1-2-73-48(50)47-72-46-45-71-44-43-70-42-41-69-40-39-68-38-37-67-36-35-66-34-33-65-32-31-64-30-29-63-28-27-62-26-25-61-24-23-60-22-21-59-20-19-58-18-17-57-16-15-56-14-13-55-12-11-54-10-9-53-8-7-52-6-5-51-4-3-49;1-3(2)4(5)6/h48-50H,2-47H2,1H3;1H2,2H3,(H,5,6). The van der Waals surface area contributed by atoms with Crippen molar-refractivity contribution in [3.63, 3.8) is 0 Å². The molecule has 0 aromatic rings. The number of hydrogen-bond donors (Lipinski definition) is 3. The molecule has 0 aromatic carbocycles. The molecule has 0 rings (SSSR count). The van der Waals surface area contributed by atoms with Crippen LogP contribution in [0.4, 0.5) is 0 Å². The minimum absolute atomic E-state index is 0.0179. The minimum atomic E-state index is -0.935. The number of carbonyl (C=O) groups is 1. The van der Waals surface area contributed by atoms with E-state index in [2.05, 4.69) is 6.58 Å². The summed E-state index contributed by atoms with van der Waals surface area (Å²) in [6, 6.07) is 0. The van der Waals surface area contributed by atoms with Gasteiger partial charge in [-0.05, 0) is 13.8 Å². The Balaban J connectivity index is 0. The molecule has 0 aromatic heterocycles. The minimum Gasteiger partial charge on any atom is -0.478 e. The number of aliphatic carboxylic acids is 1. The predicted octanol–water partition coefficient (Wildman–Crippen LogP) is 0.346. The van der Waals surface area contributed by atoms with Crippen LogP contribution in [0.5, 0.6) is 0 Å². The van der Waals surface area contributed by atoms with Crippen LogP contribution in [0.2, 0.25) is 0 Å². The Hall–Kier alpha value is -1.79. The van der Waals surface area contributed by atoms with Gasteiger partial charge in [-0.1, -0.05) is 6.58 Å². The van der Waals surface area contributed by atoms with E-state index in [0.717, 1.165) is 0 Å². The van der Waals surface area contributed by atoms with Crippen molar-refractivity contribution in [1.29, 1.82) is 0 Å². The molecule has 0 aliphatic rings. The van der Waals surface area contributed by atoms with Crippen molar-refractivity contribution in [2.45, 2.75) is 20.1 Å². The third-order valence-corrected chi connectivity index (χ3v) is 9.03. The number of hydrogen-bond acceptors (Lipinski definition) is 26. The van der Waals surface area contributed by atoms with Crippen molar-refractivity contribution in [2.24, 2.45) is 0 Å². The van der Waals surface area contributed by atoms with Gasteiger partial charge in [-0.2, -0.15) is 0 Å². The molecule has 0 spiro atoms.